The summed E-state index contributed by atoms with van der Waals surface area (Å²) in [7, 11) is -1.34. The highest BCUT2D eigenvalue weighted by atomic mass is 32.2. The maximum absolute atomic E-state index is 12.6. The number of carbonyl (C=O) groups is 2. The third kappa shape index (κ3) is 4.70. The summed E-state index contributed by atoms with van der Waals surface area (Å²) < 4.78 is 33.9. The Morgan fingerprint density at radius 1 is 1.17 bits per heavy atom. The summed E-state index contributed by atoms with van der Waals surface area (Å²) in [5.41, 5.74) is 0.676. The van der Waals surface area contributed by atoms with Crippen molar-refractivity contribution in [3.63, 3.8) is 0 Å². The van der Waals surface area contributed by atoms with Crippen molar-refractivity contribution in [1.82, 2.24) is 9.80 Å². The van der Waals surface area contributed by atoms with Gasteiger partial charge in [-0.05, 0) is 44.5 Å². The van der Waals surface area contributed by atoms with Crippen LogP contribution < -0.4 is 14.8 Å². The summed E-state index contributed by atoms with van der Waals surface area (Å²) in [5, 5.41) is 2.93. The number of hydrogen-bond acceptors (Lipinski definition) is 7. The highest BCUT2D eigenvalue weighted by Crippen LogP contribution is 2.34. The monoisotopic (exact) mass is 437 g/mol. The molecule has 30 heavy (non-hydrogen) atoms. The first-order valence-electron chi connectivity index (χ1n) is 10.2. The first-order valence-corrected chi connectivity index (χ1v) is 12.0. The molecule has 10 heteroatoms. The maximum Gasteiger partial charge on any atom is 0.236 e. The molecule has 0 saturated carbocycles. The number of piperidine rings is 1. The third-order valence-electron chi connectivity index (χ3n) is 6.11. The molecule has 2 saturated heterocycles. The number of anilines is 1. The average molecular weight is 438 g/mol. The lowest BCUT2D eigenvalue weighted by Crippen LogP contribution is -2.46. The summed E-state index contributed by atoms with van der Waals surface area (Å²) in [6.45, 7) is 1.75. The number of hydrogen-bond donors (Lipinski definition) is 1. The van der Waals surface area contributed by atoms with Crippen molar-refractivity contribution >= 4 is 27.3 Å². The van der Waals surface area contributed by atoms with Gasteiger partial charge in [-0.25, -0.2) is 8.42 Å². The Balaban J connectivity index is 1.23. The van der Waals surface area contributed by atoms with E-state index in [1.165, 1.54) is 0 Å². The van der Waals surface area contributed by atoms with E-state index in [-0.39, 0.29) is 48.6 Å². The number of sulfone groups is 1. The predicted octanol–water partition coefficient (Wildman–Crippen LogP) is 0.711. The largest absolute Gasteiger partial charge is 0.454 e. The average Bonchev–Trinajstić information content (AvgIpc) is 3.33. The summed E-state index contributed by atoms with van der Waals surface area (Å²) in [6, 6.07) is 5.09. The van der Waals surface area contributed by atoms with E-state index in [9.17, 15) is 18.0 Å². The van der Waals surface area contributed by atoms with Crippen LogP contribution in [0.4, 0.5) is 5.69 Å². The van der Waals surface area contributed by atoms with Gasteiger partial charge >= 0.3 is 0 Å². The molecule has 9 nitrogen and oxygen atoms in total. The van der Waals surface area contributed by atoms with Gasteiger partial charge in [0.2, 0.25) is 18.6 Å². The lowest BCUT2D eigenvalue weighted by molar-refractivity contribution is -0.133. The zero-order valence-corrected chi connectivity index (χ0v) is 17.8. The van der Waals surface area contributed by atoms with Crippen LogP contribution in [-0.4, -0.2) is 81.1 Å². The summed E-state index contributed by atoms with van der Waals surface area (Å²) >= 11 is 0. The first-order chi connectivity index (χ1) is 14.3. The molecule has 3 aliphatic rings. The minimum atomic E-state index is -3.02. The van der Waals surface area contributed by atoms with Crippen molar-refractivity contribution < 1.29 is 27.5 Å². The second-order valence-electron chi connectivity index (χ2n) is 8.17. The fraction of sp³-hybridized carbons (Fsp3) is 0.600. The van der Waals surface area contributed by atoms with Gasteiger partial charge in [-0.1, -0.05) is 0 Å². The van der Waals surface area contributed by atoms with Crippen LogP contribution in [0, 0.1) is 5.92 Å². The molecular weight excluding hydrogens is 410 g/mol. The number of likely N-dealkylation sites (N-methyl/N-ethyl adjacent to an activating group) is 1. The fourth-order valence-corrected chi connectivity index (χ4v) is 5.93. The number of nitrogens with zero attached hydrogens (tertiary/aromatic N) is 2. The lowest BCUT2D eigenvalue weighted by Gasteiger charge is -2.33. The number of amides is 2. The second-order valence-corrected chi connectivity index (χ2v) is 10.4. The number of fused-ring (bicyclic) bond motifs is 1. The molecule has 0 radical (unpaired) electrons. The molecule has 0 aliphatic carbocycles. The van der Waals surface area contributed by atoms with E-state index in [0.29, 0.717) is 49.5 Å². The fourth-order valence-electron chi connectivity index (χ4n) is 4.16. The van der Waals surface area contributed by atoms with Gasteiger partial charge in [0.25, 0.3) is 0 Å². The molecule has 2 amide bonds. The molecule has 2 fully saturated rings. The molecule has 1 aromatic carbocycles. The minimum Gasteiger partial charge on any atom is -0.454 e. The van der Waals surface area contributed by atoms with E-state index in [2.05, 4.69) is 5.32 Å². The number of ether oxygens (including phenoxy) is 2. The molecule has 0 bridgehead atoms. The summed E-state index contributed by atoms with van der Waals surface area (Å²) in [5.74, 6) is 1.29. The van der Waals surface area contributed by atoms with Crippen molar-refractivity contribution in [3.05, 3.63) is 18.2 Å². The molecule has 0 aromatic heterocycles. The van der Waals surface area contributed by atoms with Gasteiger partial charge in [-0.3, -0.25) is 14.5 Å². The second kappa shape index (κ2) is 8.43. The molecule has 164 valence electrons. The molecule has 1 N–H and O–H groups in total. The van der Waals surface area contributed by atoms with Gasteiger partial charge in [-0.2, -0.15) is 0 Å². The Morgan fingerprint density at radius 2 is 1.90 bits per heavy atom. The zero-order chi connectivity index (χ0) is 21.3. The molecule has 4 rings (SSSR count). The molecule has 3 heterocycles. The number of carbonyl (C=O) groups excluding carboxylic acids is 2. The number of rotatable bonds is 5. The maximum atomic E-state index is 12.6. The van der Waals surface area contributed by atoms with E-state index in [1.54, 1.807) is 30.1 Å². The van der Waals surface area contributed by atoms with Crippen molar-refractivity contribution in [2.75, 3.05) is 50.3 Å². The van der Waals surface area contributed by atoms with E-state index >= 15 is 0 Å². The van der Waals surface area contributed by atoms with Crippen LogP contribution in [0.1, 0.15) is 19.3 Å². The Kier molecular flexibility index (Phi) is 5.88. The van der Waals surface area contributed by atoms with Crippen LogP contribution >= 0.6 is 0 Å². The first kappa shape index (κ1) is 20.9. The molecule has 0 spiro atoms. The van der Waals surface area contributed by atoms with E-state index in [1.807, 2.05) is 4.90 Å². The van der Waals surface area contributed by atoms with Crippen LogP contribution in [0.5, 0.6) is 11.5 Å². The van der Waals surface area contributed by atoms with Gasteiger partial charge in [0.05, 0.1) is 18.1 Å². The zero-order valence-electron chi connectivity index (χ0n) is 17.0. The Labute approximate surface area is 176 Å². The van der Waals surface area contributed by atoms with E-state index < -0.39 is 9.84 Å². The quantitative estimate of drug-likeness (QED) is 0.723. The lowest BCUT2D eigenvalue weighted by atomic mass is 9.95. The van der Waals surface area contributed by atoms with E-state index in [0.717, 1.165) is 0 Å². The van der Waals surface area contributed by atoms with Crippen LogP contribution in [0.3, 0.4) is 0 Å². The van der Waals surface area contributed by atoms with Crippen LogP contribution in [0.2, 0.25) is 0 Å². The van der Waals surface area contributed by atoms with Crippen LogP contribution in [0.15, 0.2) is 18.2 Å². The van der Waals surface area contributed by atoms with Crippen molar-refractivity contribution in [1.29, 1.82) is 0 Å². The molecule has 3 aliphatic heterocycles. The molecule has 0 unspecified atom stereocenters. The van der Waals surface area contributed by atoms with Crippen LogP contribution in [-0.2, 0) is 19.4 Å². The van der Waals surface area contributed by atoms with Crippen molar-refractivity contribution in [3.8, 4) is 11.5 Å². The predicted molar refractivity (Wildman–Crippen MR) is 110 cm³/mol. The normalized spacial score (nSPS) is 23.3. The Hall–Kier alpha value is -2.33. The van der Waals surface area contributed by atoms with Gasteiger partial charge in [0.15, 0.2) is 21.3 Å². The highest BCUT2D eigenvalue weighted by Gasteiger charge is 2.34. The van der Waals surface area contributed by atoms with Crippen LogP contribution in [0.25, 0.3) is 0 Å². The molecule has 1 atom stereocenters. The number of nitrogens with one attached hydrogen (secondary N) is 1. The smallest absolute Gasteiger partial charge is 0.236 e. The standard InChI is InChI=1S/C20H27N3O6S/c1-22(16-6-9-30(26,27)12-16)19(24)11-23-7-4-14(5-8-23)20(25)21-15-2-3-17-18(10-15)29-13-28-17/h2-3,10,14,16H,4-9,11-13H2,1H3,(H,21,25)/t16-/m0/s1. The van der Waals surface area contributed by atoms with Gasteiger partial charge < -0.3 is 19.7 Å². The van der Waals surface area contributed by atoms with Gasteiger partial charge in [0.1, 0.15) is 0 Å². The topological polar surface area (TPSA) is 105 Å². The summed E-state index contributed by atoms with van der Waals surface area (Å²) in [6.07, 6.45) is 1.85. The Bertz CT molecular complexity index is 926. The molecule has 1 aromatic rings. The minimum absolute atomic E-state index is 0.0341. The SMILES string of the molecule is CN(C(=O)CN1CCC(C(=O)Nc2ccc3c(c2)OCO3)CC1)[C@H]1CCS(=O)(=O)C1. The summed E-state index contributed by atoms with van der Waals surface area (Å²) in [4.78, 5) is 28.8. The number of benzene rings is 1. The van der Waals surface area contributed by atoms with Gasteiger partial charge in [-0.15, -0.1) is 0 Å². The highest BCUT2D eigenvalue weighted by molar-refractivity contribution is 7.91. The molecular formula is C20H27N3O6S. The Morgan fingerprint density at radius 3 is 2.60 bits per heavy atom. The van der Waals surface area contributed by atoms with E-state index in [4.69, 9.17) is 9.47 Å². The van der Waals surface area contributed by atoms with Crippen molar-refractivity contribution in [2.45, 2.75) is 25.3 Å². The number of likely N-dealkylation sites (tertiary alicyclic amines) is 1. The third-order valence-corrected chi connectivity index (χ3v) is 7.86. The van der Waals surface area contributed by atoms with Gasteiger partial charge in [0, 0.05) is 30.8 Å². The van der Waals surface area contributed by atoms with Crippen molar-refractivity contribution in [2.24, 2.45) is 5.92 Å².